The summed E-state index contributed by atoms with van der Waals surface area (Å²) in [5.74, 6) is 0. The first-order valence-electron chi connectivity index (χ1n) is 6.11. The van der Waals surface area contributed by atoms with Gasteiger partial charge in [0.1, 0.15) is 0 Å². The molecule has 2 aromatic rings. The van der Waals surface area contributed by atoms with Crippen molar-refractivity contribution in [3.63, 3.8) is 0 Å². The van der Waals surface area contributed by atoms with Crippen molar-refractivity contribution in [3.8, 4) is 0 Å². The summed E-state index contributed by atoms with van der Waals surface area (Å²) in [5.41, 5.74) is 3.69. The van der Waals surface area contributed by atoms with Gasteiger partial charge < -0.3 is 5.32 Å². The Labute approximate surface area is 113 Å². The molecule has 0 aliphatic carbocycles. The summed E-state index contributed by atoms with van der Waals surface area (Å²) >= 11 is 6.07. The van der Waals surface area contributed by atoms with E-state index in [1.807, 2.05) is 37.6 Å². The number of aromatic nitrogens is 1. The van der Waals surface area contributed by atoms with E-state index in [0.29, 0.717) is 0 Å². The van der Waals surface area contributed by atoms with E-state index in [-0.39, 0.29) is 6.04 Å². The van der Waals surface area contributed by atoms with Crippen LogP contribution in [-0.4, -0.2) is 12.0 Å². The molecular weight excluding hydrogens is 244 g/mol. The Kier molecular flexibility index (Phi) is 4.34. The Bertz CT molecular complexity index is 525. The van der Waals surface area contributed by atoms with E-state index in [4.69, 9.17) is 11.6 Å². The van der Waals surface area contributed by atoms with Crippen molar-refractivity contribution in [1.82, 2.24) is 10.3 Å². The van der Waals surface area contributed by atoms with Crippen molar-refractivity contribution in [2.45, 2.75) is 19.4 Å². The number of benzene rings is 1. The zero-order valence-corrected chi connectivity index (χ0v) is 11.4. The maximum atomic E-state index is 6.07. The lowest BCUT2D eigenvalue weighted by molar-refractivity contribution is 0.682. The smallest absolute Gasteiger partial charge is 0.0578 e. The molecule has 0 amide bonds. The number of rotatable bonds is 4. The molecule has 1 atom stereocenters. The molecule has 3 heteroatoms. The molecular formula is C15H17ClN2. The molecule has 1 aromatic heterocycles. The van der Waals surface area contributed by atoms with Crippen LogP contribution in [0.3, 0.4) is 0 Å². The fourth-order valence-electron chi connectivity index (χ4n) is 2.20. The third-order valence-electron chi connectivity index (χ3n) is 3.10. The molecule has 0 radical (unpaired) electrons. The summed E-state index contributed by atoms with van der Waals surface area (Å²) in [4.78, 5) is 4.19. The fourth-order valence-corrected chi connectivity index (χ4v) is 2.40. The Morgan fingerprint density at radius 1 is 1.33 bits per heavy atom. The molecule has 0 saturated carbocycles. The molecule has 18 heavy (non-hydrogen) atoms. The second-order valence-corrected chi connectivity index (χ2v) is 4.64. The SMILES string of the molecule is CCc1cnccc1C(NC)c1cccc(Cl)c1. The number of hydrogen-bond acceptors (Lipinski definition) is 2. The monoisotopic (exact) mass is 260 g/mol. The van der Waals surface area contributed by atoms with Gasteiger partial charge in [0.2, 0.25) is 0 Å². The number of nitrogens with zero attached hydrogens (tertiary/aromatic N) is 1. The lowest BCUT2D eigenvalue weighted by Gasteiger charge is -2.20. The summed E-state index contributed by atoms with van der Waals surface area (Å²) in [7, 11) is 1.96. The van der Waals surface area contributed by atoms with Gasteiger partial charge in [-0.05, 0) is 48.4 Å². The van der Waals surface area contributed by atoms with Crippen molar-refractivity contribution in [2.24, 2.45) is 0 Å². The Hall–Kier alpha value is -1.38. The largest absolute Gasteiger partial charge is 0.309 e. The van der Waals surface area contributed by atoms with Crippen molar-refractivity contribution < 1.29 is 0 Å². The fraction of sp³-hybridized carbons (Fsp3) is 0.267. The zero-order valence-electron chi connectivity index (χ0n) is 10.7. The van der Waals surface area contributed by atoms with Gasteiger partial charge in [-0.2, -0.15) is 0 Å². The molecule has 1 N–H and O–H groups in total. The van der Waals surface area contributed by atoms with Crippen LogP contribution in [0.25, 0.3) is 0 Å². The predicted molar refractivity (Wildman–Crippen MR) is 76.0 cm³/mol. The molecule has 1 aromatic carbocycles. The summed E-state index contributed by atoms with van der Waals surface area (Å²) in [6.45, 7) is 2.14. The van der Waals surface area contributed by atoms with Gasteiger partial charge in [0.15, 0.2) is 0 Å². The topological polar surface area (TPSA) is 24.9 Å². The molecule has 2 nitrogen and oxygen atoms in total. The minimum atomic E-state index is 0.154. The first kappa shape index (κ1) is 13.1. The normalized spacial score (nSPS) is 12.4. The number of nitrogens with one attached hydrogen (secondary N) is 1. The highest BCUT2D eigenvalue weighted by Crippen LogP contribution is 2.26. The molecule has 0 aliphatic heterocycles. The van der Waals surface area contributed by atoms with Crippen LogP contribution in [0.4, 0.5) is 0 Å². The lowest BCUT2D eigenvalue weighted by atomic mass is 9.95. The predicted octanol–water partition coefficient (Wildman–Crippen LogP) is 3.61. The van der Waals surface area contributed by atoms with Crippen LogP contribution < -0.4 is 5.32 Å². The molecule has 0 spiro atoms. The highest BCUT2D eigenvalue weighted by atomic mass is 35.5. The van der Waals surface area contributed by atoms with E-state index >= 15 is 0 Å². The van der Waals surface area contributed by atoms with Crippen LogP contribution in [0.1, 0.15) is 29.7 Å². The van der Waals surface area contributed by atoms with Crippen LogP contribution >= 0.6 is 11.6 Å². The van der Waals surface area contributed by atoms with Crippen LogP contribution in [0.2, 0.25) is 5.02 Å². The minimum Gasteiger partial charge on any atom is -0.309 e. The van der Waals surface area contributed by atoms with E-state index < -0.39 is 0 Å². The van der Waals surface area contributed by atoms with Crippen molar-refractivity contribution in [3.05, 3.63) is 64.4 Å². The third-order valence-corrected chi connectivity index (χ3v) is 3.34. The summed E-state index contributed by atoms with van der Waals surface area (Å²) < 4.78 is 0. The average Bonchev–Trinajstić information content (AvgIpc) is 2.40. The third kappa shape index (κ3) is 2.71. The van der Waals surface area contributed by atoms with Gasteiger partial charge >= 0.3 is 0 Å². The molecule has 2 rings (SSSR count). The Balaban J connectivity index is 2.45. The molecule has 0 bridgehead atoms. The summed E-state index contributed by atoms with van der Waals surface area (Å²) in [6, 6.07) is 10.2. The van der Waals surface area contributed by atoms with E-state index in [1.54, 1.807) is 0 Å². The van der Waals surface area contributed by atoms with Gasteiger partial charge in [0.25, 0.3) is 0 Å². The first-order chi connectivity index (χ1) is 8.76. The van der Waals surface area contributed by atoms with Gasteiger partial charge in [-0.1, -0.05) is 30.7 Å². The standard InChI is InChI=1S/C15H17ClN2/c1-3-11-10-18-8-7-14(11)15(17-2)12-5-4-6-13(16)9-12/h4-10,15,17H,3H2,1-2H3. The minimum absolute atomic E-state index is 0.154. The second kappa shape index (κ2) is 5.98. The zero-order chi connectivity index (χ0) is 13.0. The number of hydrogen-bond donors (Lipinski definition) is 1. The van der Waals surface area contributed by atoms with Crippen LogP contribution in [0, 0.1) is 0 Å². The van der Waals surface area contributed by atoms with Crippen LogP contribution in [0.15, 0.2) is 42.7 Å². The quantitative estimate of drug-likeness (QED) is 0.909. The van der Waals surface area contributed by atoms with Crippen molar-refractivity contribution in [1.29, 1.82) is 0 Å². The second-order valence-electron chi connectivity index (χ2n) is 4.20. The molecule has 0 aliphatic rings. The molecule has 0 saturated heterocycles. The van der Waals surface area contributed by atoms with E-state index in [1.165, 1.54) is 16.7 Å². The summed E-state index contributed by atoms with van der Waals surface area (Å²) in [5, 5.41) is 4.11. The molecule has 1 heterocycles. The maximum Gasteiger partial charge on any atom is 0.0578 e. The maximum absolute atomic E-state index is 6.07. The van der Waals surface area contributed by atoms with Gasteiger partial charge in [0.05, 0.1) is 6.04 Å². The van der Waals surface area contributed by atoms with Crippen LogP contribution in [0.5, 0.6) is 0 Å². The lowest BCUT2D eigenvalue weighted by Crippen LogP contribution is -2.19. The van der Waals surface area contributed by atoms with Gasteiger partial charge in [0, 0.05) is 17.4 Å². The van der Waals surface area contributed by atoms with Crippen molar-refractivity contribution >= 4 is 11.6 Å². The summed E-state index contributed by atoms with van der Waals surface area (Å²) in [6.07, 6.45) is 4.75. The van der Waals surface area contributed by atoms with E-state index in [0.717, 1.165) is 11.4 Å². The van der Waals surface area contributed by atoms with Crippen molar-refractivity contribution in [2.75, 3.05) is 7.05 Å². The number of aryl methyl sites for hydroxylation is 1. The van der Waals surface area contributed by atoms with Gasteiger partial charge in [-0.3, -0.25) is 4.98 Å². The highest BCUT2D eigenvalue weighted by molar-refractivity contribution is 6.30. The molecule has 94 valence electrons. The number of halogens is 1. The molecule has 0 fully saturated rings. The number of pyridine rings is 1. The Morgan fingerprint density at radius 2 is 2.17 bits per heavy atom. The van der Waals surface area contributed by atoms with E-state index in [2.05, 4.69) is 29.4 Å². The van der Waals surface area contributed by atoms with E-state index in [9.17, 15) is 0 Å². The molecule has 1 unspecified atom stereocenters. The average molecular weight is 261 g/mol. The van der Waals surface area contributed by atoms with Gasteiger partial charge in [-0.15, -0.1) is 0 Å². The first-order valence-corrected chi connectivity index (χ1v) is 6.49. The van der Waals surface area contributed by atoms with Gasteiger partial charge in [-0.25, -0.2) is 0 Å². The van der Waals surface area contributed by atoms with Crippen LogP contribution in [-0.2, 0) is 6.42 Å². The Morgan fingerprint density at radius 3 is 2.83 bits per heavy atom. The highest BCUT2D eigenvalue weighted by Gasteiger charge is 2.15.